The Hall–Kier alpha value is -3.06. The van der Waals surface area contributed by atoms with Gasteiger partial charge in [0.2, 0.25) is 6.43 Å². The van der Waals surface area contributed by atoms with Crippen molar-refractivity contribution >= 4 is 29.7 Å². The number of piperazine rings is 1. The molecule has 12 heteroatoms. The number of aromatic nitrogens is 1. The van der Waals surface area contributed by atoms with Gasteiger partial charge >= 0.3 is 0 Å². The number of rotatable bonds is 13. The number of halogens is 3. The zero-order valence-corrected chi connectivity index (χ0v) is 25.0. The van der Waals surface area contributed by atoms with Crippen LogP contribution < -0.4 is 5.32 Å². The maximum absolute atomic E-state index is 13.2. The molecule has 0 bridgehead atoms. The van der Waals surface area contributed by atoms with Crippen LogP contribution in [0.15, 0.2) is 54.8 Å². The first-order valence-corrected chi connectivity index (χ1v) is 14.0. The Labute approximate surface area is 245 Å². The third-order valence-electron chi connectivity index (χ3n) is 6.29. The van der Waals surface area contributed by atoms with E-state index in [2.05, 4.69) is 21.8 Å². The van der Waals surface area contributed by atoms with Crippen LogP contribution in [-0.4, -0.2) is 88.7 Å². The minimum atomic E-state index is -2.41. The molecular weight excluding hydrogens is 557 g/mol. The highest BCUT2D eigenvalue weighted by Gasteiger charge is 2.25. The van der Waals surface area contributed by atoms with Gasteiger partial charge in [-0.3, -0.25) is 14.3 Å². The number of amides is 2. The van der Waals surface area contributed by atoms with Crippen LogP contribution in [0, 0.1) is 19.8 Å². The van der Waals surface area contributed by atoms with E-state index in [9.17, 15) is 18.4 Å². The molecule has 2 amide bonds. The fourth-order valence-corrected chi connectivity index (χ4v) is 4.68. The van der Waals surface area contributed by atoms with E-state index in [4.69, 9.17) is 0 Å². The van der Waals surface area contributed by atoms with Crippen molar-refractivity contribution in [1.29, 1.82) is 0 Å². The van der Waals surface area contributed by atoms with E-state index in [1.54, 1.807) is 42.3 Å². The first-order valence-electron chi connectivity index (χ1n) is 12.8. The second-order valence-electron chi connectivity index (χ2n) is 9.22. The van der Waals surface area contributed by atoms with Crippen molar-refractivity contribution < 1.29 is 34.0 Å². The lowest BCUT2D eigenvalue weighted by Crippen LogP contribution is -2.47. The number of hydrogen-bond donors (Lipinski definition) is 2. The molecule has 232 valence electrons. The van der Waals surface area contributed by atoms with Crippen molar-refractivity contribution in [3.05, 3.63) is 77.3 Å². The number of allylic oxidation sites excluding steroid dienone is 3. The van der Waals surface area contributed by atoms with Crippen molar-refractivity contribution in [3.63, 3.8) is 0 Å². The van der Waals surface area contributed by atoms with Gasteiger partial charge in [0, 0.05) is 60.6 Å². The molecule has 1 aliphatic heterocycles. The summed E-state index contributed by atoms with van der Waals surface area (Å²) in [5.74, 6) is 0.114. The van der Waals surface area contributed by atoms with E-state index < -0.39 is 12.3 Å². The lowest BCUT2D eigenvalue weighted by Gasteiger charge is -2.32. The predicted octanol–water partition coefficient (Wildman–Crippen LogP) is 3.86. The molecule has 2 heterocycles. The van der Waals surface area contributed by atoms with E-state index in [1.165, 1.54) is 12.2 Å². The van der Waals surface area contributed by atoms with Gasteiger partial charge in [-0.15, -0.1) is 6.58 Å². The number of nitrogens with one attached hydrogen (secondary N) is 2. The number of carbonyl (C=O) groups excluding carboxylic acids is 2. The molecule has 0 spiro atoms. The quantitative estimate of drug-likeness (QED) is 0.154. The van der Waals surface area contributed by atoms with Crippen LogP contribution in [0.4, 0.5) is 13.5 Å². The zero-order chi connectivity index (χ0) is 28.1. The highest BCUT2D eigenvalue weighted by molar-refractivity contribution is 7.99. The summed E-state index contributed by atoms with van der Waals surface area (Å²) in [5.41, 5.74) is 3.38. The maximum Gasteiger partial charge on any atom is 0.256 e. The molecule has 1 unspecified atom stereocenters. The van der Waals surface area contributed by atoms with Crippen LogP contribution >= 0.6 is 11.8 Å². The summed E-state index contributed by atoms with van der Waals surface area (Å²) in [5, 5.41) is 2.74. The van der Waals surface area contributed by atoms with Gasteiger partial charge in [0.25, 0.3) is 11.8 Å². The van der Waals surface area contributed by atoms with E-state index in [0.717, 1.165) is 24.3 Å². The minimum Gasteiger partial charge on any atom is -0.412 e. The first-order chi connectivity index (χ1) is 18.2. The Morgan fingerprint density at radius 2 is 1.76 bits per heavy atom. The molecule has 6 N–H and O–H groups in total. The summed E-state index contributed by atoms with van der Waals surface area (Å²) in [6, 6.07) is 0. The van der Waals surface area contributed by atoms with Gasteiger partial charge in [-0.25, -0.2) is 8.78 Å². The molecule has 0 aromatic carbocycles. The van der Waals surface area contributed by atoms with E-state index in [0.29, 0.717) is 41.4 Å². The number of nitrogens with zero attached hydrogens (tertiary/aromatic N) is 2. The Kier molecular flexibility index (Phi) is 20.3. The molecule has 1 aliphatic rings. The molecule has 1 saturated heterocycles. The van der Waals surface area contributed by atoms with Gasteiger partial charge in [-0.1, -0.05) is 36.5 Å². The van der Waals surface area contributed by atoms with Crippen LogP contribution in [0.2, 0.25) is 0 Å². The molecule has 0 aliphatic carbocycles. The lowest BCUT2D eigenvalue weighted by atomic mass is 10.1. The van der Waals surface area contributed by atoms with Gasteiger partial charge in [0.15, 0.2) is 0 Å². The molecule has 1 fully saturated rings. The van der Waals surface area contributed by atoms with Gasteiger partial charge in [-0.2, -0.15) is 11.8 Å². The molecular formula is C29H45F3N4O4S. The normalized spacial score (nSPS) is 15.1. The van der Waals surface area contributed by atoms with Gasteiger partial charge < -0.3 is 31.1 Å². The molecule has 0 radical (unpaired) electrons. The van der Waals surface area contributed by atoms with Crippen LogP contribution in [0.3, 0.4) is 0 Å². The van der Waals surface area contributed by atoms with Gasteiger partial charge in [-0.05, 0) is 52.1 Å². The molecule has 1 atom stereocenters. The SMILES string of the molecule is C=CCC(/C=C/CSC/C=C/C(=C/c1[nH]c(C)c(C(=O)N2CCN(C)CC2)c1C)C(=O)N/C=C/C)C(F)F.F.O.O. The number of thioether (sulfide) groups is 1. The lowest BCUT2D eigenvalue weighted by molar-refractivity contribution is -0.116. The van der Waals surface area contributed by atoms with Gasteiger partial charge in [0.05, 0.1) is 5.56 Å². The van der Waals surface area contributed by atoms with Crippen molar-refractivity contribution in [2.45, 2.75) is 33.6 Å². The molecule has 0 saturated carbocycles. The number of alkyl halides is 2. The largest absolute Gasteiger partial charge is 0.412 e. The first kappa shape index (κ1) is 40.1. The summed E-state index contributed by atoms with van der Waals surface area (Å²) >= 11 is 1.55. The number of aromatic amines is 1. The third-order valence-corrected chi connectivity index (χ3v) is 7.15. The topological polar surface area (TPSA) is 131 Å². The summed E-state index contributed by atoms with van der Waals surface area (Å²) in [6.45, 7) is 12.2. The second kappa shape index (κ2) is 20.8. The highest BCUT2D eigenvalue weighted by Crippen LogP contribution is 2.23. The average molecular weight is 603 g/mol. The Morgan fingerprint density at radius 1 is 1.12 bits per heavy atom. The fourth-order valence-electron chi connectivity index (χ4n) is 4.06. The maximum atomic E-state index is 13.2. The predicted molar refractivity (Wildman–Crippen MR) is 164 cm³/mol. The van der Waals surface area contributed by atoms with E-state index in [-0.39, 0.29) is 33.9 Å². The van der Waals surface area contributed by atoms with Gasteiger partial charge in [0.1, 0.15) is 0 Å². The zero-order valence-electron chi connectivity index (χ0n) is 24.2. The summed E-state index contributed by atoms with van der Waals surface area (Å²) in [4.78, 5) is 33.4. The summed E-state index contributed by atoms with van der Waals surface area (Å²) in [7, 11) is 2.05. The third kappa shape index (κ3) is 12.6. The second-order valence-corrected chi connectivity index (χ2v) is 10.3. The average Bonchev–Trinajstić information content (AvgIpc) is 3.17. The summed E-state index contributed by atoms with van der Waals surface area (Å²) in [6.07, 6.45) is 11.3. The summed E-state index contributed by atoms with van der Waals surface area (Å²) < 4.78 is 25.9. The van der Waals surface area contributed by atoms with Crippen LogP contribution in [-0.2, 0) is 4.79 Å². The molecule has 2 rings (SSSR count). The molecule has 1 aromatic rings. The monoisotopic (exact) mass is 602 g/mol. The van der Waals surface area contributed by atoms with Crippen LogP contribution in [0.5, 0.6) is 0 Å². The minimum absolute atomic E-state index is 0. The smallest absolute Gasteiger partial charge is 0.256 e. The Balaban J connectivity index is 0. The number of H-pyrrole nitrogens is 1. The number of hydrogen-bond acceptors (Lipinski definition) is 4. The molecule has 1 aromatic heterocycles. The van der Waals surface area contributed by atoms with Crippen LogP contribution in [0.25, 0.3) is 6.08 Å². The van der Waals surface area contributed by atoms with Crippen molar-refractivity contribution in [1.82, 2.24) is 20.1 Å². The van der Waals surface area contributed by atoms with E-state index in [1.807, 2.05) is 38.8 Å². The number of likely N-dealkylation sites (N-methyl/N-ethyl adjacent to an activating group) is 1. The Morgan fingerprint density at radius 3 is 2.34 bits per heavy atom. The van der Waals surface area contributed by atoms with Crippen molar-refractivity contribution in [2.75, 3.05) is 44.7 Å². The highest BCUT2D eigenvalue weighted by atomic mass is 32.2. The van der Waals surface area contributed by atoms with Crippen LogP contribution in [0.1, 0.15) is 40.7 Å². The number of carbonyl (C=O) groups is 2. The molecule has 8 nitrogen and oxygen atoms in total. The van der Waals surface area contributed by atoms with Crippen molar-refractivity contribution in [3.8, 4) is 0 Å². The number of aryl methyl sites for hydroxylation is 1. The Bertz CT molecular complexity index is 1080. The molecule has 41 heavy (non-hydrogen) atoms. The fraction of sp³-hybridized carbons (Fsp3) is 0.448. The van der Waals surface area contributed by atoms with Crippen molar-refractivity contribution in [2.24, 2.45) is 5.92 Å². The standard InChI is InChI=1S/C29H40F2N4O2S.FH.2H2O/c1-6-10-23(27(30)31)11-8-18-38-19-9-12-24(28(36)32-13-7-2)20-25-21(3)26(22(4)33-25)29(37)35-16-14-34(5)15-17-35;;;/h6-9,11-13,20,23,27,33H,1,10,14-19H2,2-5H3,(H,32,36);1H;2*1H2/b11-8+,12-9+,13-7+,24-20-;;;. The van der Waals surface area contributed by atoms with E-state index >= 15 is 0 Å².